The third-order valence-electron chi connectivity index (χ3n) is 4.20. The summed E-state index contributed by atoms with van der Waals surface area (Å²) in [4.78, 5) is 26.3. The smallest absolute Gasteiger partial charge is 0.263 e. The zero-order valence-electron chi connectivity index (χ0n) is 12.8. The summed E-state index contributed by atoms with van der Waals surface area (Å²) >= 11 is 5.87. The van der Waals surface area contributed by atoms with E-state index >= 15 is 0 Å². The number of carbonyl (C=O) groups excluding carboxylic acids is 2. The van der Waals surface area contributed by atoms with E-state index in [0.717, 1.165) is 10.5 Å². The second kappa shape index (κ2) is 5.93. The highest BCUT2D eigenvalue weighted by Crippen LogP contribution is 2.32. The molecule has 126 valence electrons. The summed E-state index contributed by atoms with van der Waals surface area (Å²) in [6.45, 7) is 0.331. The molecule has 4 rings (SSSR count). The number of fused-ring (bicyclic) bond motifs is 1. The van der Waals surface area contributed by atoms with Crippen LogP contribution in [0.1, 0.15) is 5.56 Å². The van der Waals surface area contributed by atoms with Crippen LogP contribution in [0.25, 0.3) is 0 Å². The highest BCUT2D eigenvalue weighted by atomic mass is 35.5. The van der Waals surface area contributed by atoms with Crippen molar-refractivity contribution in [1.29, 1.82) is 0 Å². The number of carbonyl (C=O) groups is 2. The maximum Gasteiger partial charge on any atom is 0.263 e. The Balaban J connectivity index is 1.59. The van der Waals surface area contributed by atoms with Crippen LogP contribution in [-0.4, -0.2) is 28.9 Å². The van der Waals surface area contributed by atoms with E-state index in [1.807, 2.05) is 12.1 Å². The summed E-state index contributed by atoms with van der Waals surface area (Å²) in [6.07, 6.45) is 0. The van der Waals surface area contributed by atoms with Gasteiger partial charge in [-0.15, -0.1) is 0 Å². The van der Waals surface area contributed by atoms with E-state index in [1.165, 1.54) is 29.3 Å². The standard InChI is InChI=1S/C17H12ClFN4O2/c18-11-3-1-10(2-4-11)9-22-15-14(20-21-22)16(24)23(17(15)25)13-7-5-12(19)6-8-13/h1-8,14-15H,9H2. The Kier molecular flexibility index (Phi) is 3.73. The fourth-order valence-electron chi connectivity index (χ4n) is 2.98. The lowest BCUT2D eigenvalue weighted by Crippen LogP contribution is -2.39. The Morgan fingerprint density at radius 2 is 1.68 bits per heavy atom. The SMILES string of the molecule is O=C1C2N=NN(Cc3ccc(Cl)cc3)C2C(=O)N1c1ccc(F)cc1. The van der Waals surface area contributed by atoms with Crippen LogP contribution in [0.4, 0.5) is 10.1 Å². The zero-order chi connectivity index (χ0) is 17.6. The molecule has 0 bridgehead atoms. The van der Waals surface area contributed by atoms with Crippen LogP contribution < -0.4 is 4.90 Å². The van der Waals surface area contributed by atoms with Crippen LogP contribution in [-0.2, 0) is 16.1 Å². The molecule has 0 aromatic heterocycles. The van der Waals surface area contributed by atoms with Gasteiger partial charge in [0.1, 0.15) is 5.82 Å². The van der Waals surface area contributed by atoms with Crippen molar-refractivity contribution in [2.45, 2.75) is 18.6 Å². The summed E-state index contributed by atoms with van der Waals surface area (Å²) in [7, 11) is 0. The number of nitrogens with zero attached hydrogens (tertiary/aromatic N) is 4. The molecule has 0 radical (unpaired) electrons. The van der Waals surface area contributed by atoms with Gasteiger partial charge in [0, 0.05) is 5.02 Å². The molecule has 0 aliphatic carbocycles. The molecular formula is C17H12ClFN4O2. The van der Waals surface area contributed by atoms with Gasteiger partial charge in [-0.2, -0.15) is 5.11 Å². The normalized spacial score (nSPS) is 22.0. The lowest BCUT2D eigenvalue weighted by molar-refractivity contribution is -0.123. The number of rotatable bonds is 3. The van der Waals surface area contributed by atoms with Crippen molar-refractivity contribution in [3.8, 4) is 0 Å². The Morgan fingerprint density at radius 1 is 1.00 bits per heavy atom. The summed E-state index contributed by atoms with van der Waals surface area (Å²) in [5.74, 6) is -1.31. The molecule has 2 aliphatic rings. The molecule has 0 N–H and O–H groups in total. The van der Waals surface area contributed by atoms with E-state index < -0.39 is 29.7 Å². The highest BCUT2D eigenvalue weighted by molar-refractivity contribution is 6.30. The van der Waals surface area contributed by atoms with Gasteiger partial charge in [0.05, 0.1) is 12.2 Å². The first-order valence-electron chi connectivity index (χ1n) is 7.60. The second-order valence-corrected chi connectivity index (χ2v) is 6.24. The first kappa shape index (κ1) is 15.7. The third kappa shape index (κ3) is 2.66. The zero-order valence-corrected chi connectivity index (χ0v) is 13.6. The number of amides is 2. The van der Waals surface area contributed by atoms with E-state index in [1.54, 1.807) is 12.1 Å². The van der Waals surface area contributed by atoms with Crippen molar-refractivity contribution in [3.05, 3.63) is 64.9 Å². The largest absolute Gasteiger partial charge is 0.271 e. The van der Waals surface area contributed by atoms with Crippen LogP contribution in [0.15, 0.2) is 58.9 Å². The topological polar surface area (TPSA) is 65.3 Å². The summed E-state index contributed by atoms with van der Waals surface area (Å²) in [5.41, 5.74) is 1.22. The minimum absolute atomic E-state index is 0.326. The molecule has 2 aromatic rings. The molecular weight excluding hydrogens is 347 g/mol. The molecule has 2 unspecified atom stereocenters. The van der Waals surface area contributed by atoms with Crippen molar-refractivity contribution in [1.82, 2.24) is 5.01 Å². The minimum atomic E-state index is -0.871. The number of hydrogen-bond acceptors (Lipinski definition) is 5. The molecule has 6 nitrogen and oxygen atoms in total. The quantitative estimate of drug-likeness (QED) is 0.792. The number of hydrogen-bond donors (Lipinski definition) is 0. The van der Waals surface area contributed by atoms with Crippen LogP contribution in [0.3, 0.4) is 0 Å². The van der Waals surface area contributed by atoms with Crippen LogP contribution in [0.2, 0.25) is 5.02 Å². The molecule has 2 amide bonds. The maximum atomic E-state index is 13.1. The highest BCUT2D eigenvalue weighted by Gasteiger charge is 2.54. The molecule has 0 saturated carbocycles. The second-order valence-electron chi connectivity index (χ2n) is 5.81. The van der Waals surface area contributed by atoms with Crippen LogP contribution >= 0.6 is 11.6 Å². The van der Waals surface area contributed by atoms with Crippen molar-refractivity contribution in [2.75, 3.05) is 4.90 Å². The van der Waals surface area contributed by atoms with Gasteiger partial charge in [-0.25, -0.2) is 9.29 Å². The van der Waals surface area contributed by atoms with E-state index in [2.05, 4.69) is 10.3 Å². The number of anilines is 1. The Labute approximate surface area is 147 Å². The fraction of sp³-hybridized carbons (Fsp3) is 0.176. The molecule has 2 aliphatic heterocycles. The molecule has 8 heteroatoms. The van der Waals surface area contributed by atoms with Crippen molar-refractivity contribution >= 4 is 29.1 Å². The molecule has 25 heavy (non-hydrogen) atoms. The van der Waals surface area contributed by atoms with E-state index in [-0.39, 0.29) is 0 Å². The molecule has 1 fully saturated rings. The summed E-state index contributed by atoms with van der Waals surface area (Å²) in [6, 6.07) is 10.7. The minimum Gasteiger partial charge on any atom is -0.271 e. The molecule has 2 aromatic carbocycles. The van der Waals surface area contributed by atoms with Gasteiger partial charge in [0.15, 0.2) is 12.1 Å². The van der Waals surface area contributed by atoms with Gasteiger partial charge in [0.25, 0.3) is 11.8 Å². The van der Waals surface area contributed by atoms with Gasteiger partial charge in [0.2, 0.25) is 0 Å². The molecule has 2 heterocycles. The van der Waals surface area contributed by atoms with Gasteiger partial charge in [-0.1, -0.05) is 29.0 Å². The average Bonchev–Trinajstić information content (AvgIpc) is 3.12. The molecule has 0 spiro atoms. The number of imide groups is 1. The lowest BCUT2D eigenvalue weighted by atomic mass is 10.1. The van der Waals surface area contributed by atoms with Gasteiger partial charge in [-0.05, 0) is 42.0 Å². The lowest BCUT2D eigenvalue weighted by Gasteiger charge is -2.20. The van der Waals surface area contributed by atoms with Crippen molar-refractivity contribution in [2.24, 2.45) is 10.3 Å². The van der Waals surface area contributed by atoms with E-state index in [4.69, 9.17) is 11.6 Å². The first-order chi connectivity index (χ1) is 12.0. The summed E-state index contributed by atoms with van der Waals surface area (Å²) in [5, 5.41) is 10.0. The number of halogens is 2. The van der Waals surface area contributed by atoms with Gasteiger partial charge < -0.3 is 0 Å². The third-order valence-corrected chi connectivity index (χ3v) is 4.45. The fourth-order valence-corrected chi connectivity index (χ4v) is 3.10. The van der Waals surface area contributed by atoms with Gasteiger partial charge >= 0.3 is 0 Å². The van der Waals surface area contributed by atoms with Crippen molar-refractivity contribution < 1.29 is 14.0 Å². The molecule has 1 saturated heterocycles. The number of benzene rings is 2. The van der Waals surface area contributed by atoms with E-state index in [0.29, 0.717) is 17.3 Å². The van der Waals surface area contributed by atoms with Crippen molar-refractivity contribution in [3.63, 3.8) is 0 Å². The Bertz CT molecular complexity index is 869. The van der Waals surface area contributed by atoms with E-state index in [9.17, 15) is 14.0 Å². The van der Waals surface area contributed by atoms with Gasteiger partial charge in [-0.3, -0.25) is 14.6 Å². The maximum absolute atomic E-state index is 13.1. The predicted molar refractivity (Wildman–Crippen MR) is 88.3 cm³/mol. The monoisotopic (exact) mass is 358 g/mol. The average molecular weight is 359 g/mol. The van der Waals surface area contributed by atoms with Crippen LogP contribution in [0, 0.1) is 5.82 Å². The summed E-state index contributed by atoms with van der Waals surface area (Å²) < 4.78 is 13.1. The Morgan fingerprint density at radius 3 is 2.36 bits per heavy atom. The predicted octanol–water partition coefficient (Wildman–Crippen LogP) is 2.97. The molecule has 2 atom stereocenters. The van der Waals surface area contributed by atoms with Crippen LogP contribution in [0.5, 0.6) is 0 Å². The first-order valence-corrected chi connectivity index (χ1v) is 7.97. The Hall–Kier alpha value is -2.80.